The van der Waals surface area contributed by atoms with Crippen LogP contribution in [0.1, 0.15) is 46.0 Å². The first-order valence-electron chi connectivity index (χ1n) is 10.2. The number of Topliss-reactive ketones (excluding diaryl/α,β-unsaturated/α-hetero) is 1. The first kappa shape index (κ1) is 22.0. The number of likely N-dealkylation sites (tertiary alicyclic amines) is 1. The molecular formula is C23H20N2O8. The Labute approximate surface area is 188 Å². The number of anilines is 1. The van der Waals surface area contributed by atoms with Gasteiger partial charge < -0.3 is 19.5 Å². The lowest BCUT2D eigenvalue weighted by molar-refractivity contribution is -0.139. The predicted molar refractivity (Wildman–Crippen MR) is 113 cm³/mol. The monoisotopic (exact) mass is 452 g/mol. The van der Waals surface area contributed by atoms with E-state index in [0.29, 0.717) is 17.1 Å². The number of nitrogens with one attached hydrogen (secondary N) is 1. The van der Waals surface area contributed by atoms with Crippen LogP contribution in [0.2, 0.25) is 0 Å². The molecule has 10 heteroatoms. The second-order valence-electron chi connectivity index (χ2n) is 7.50. The molecular weight excluding hydrogens is 432 g/mol. The number of imide groups is 1. The van der Waals surface area contributed by atoms with Gasteiger partial charge in [-0.2, -0.15) is 0 Å². The zero-order chi connectivity index (χ0) is 23.5. The molecule has 2 aliphatic heterocycles. The molecule has 0 saturated carbocycles. The van der Waals surface area contributed by atoms with E-state index in [4.69, 9.17) is 14.2 Å². The van der Waals surface area contributed by atoms with Gasteiger partial charge in [0.25, 0.3) is 5.91 Å². The molecule has 2 heterocycles. The normalized spacial score (nSPS) is 14.4. The molecule has 33 heavy (non-hydrogen) atoms. The standard InChI is InChI=1S/C23H20N2O8/c1-13(26)16-8-18-19(33-12-32-18)9-17(16)24-20(27)11-31-23(30)15-4-2-14(3-5-15)10-25-21(28)6-7-22(25)29/h2-5,8-9H,6-7,10-12H2,1H3,(H,24,27). The smallest absolute Gasteiger partial charge is 0.338 e. The molecule has 0 aliphatic carbocycles. The minimum absolute atomic E-state index is 0.0190. The molecule has 0 bridgehead atoms. The lowest BCUT2D eigenvalue weighted by atomic mass is 10.1. The highest BCUT2D eigenvalue weighted by Gasteiger charge is 2.28. The zero-order valence-corrected chi connectivity index (χ0v) is 17.7. The van der Waals surface area contributed by atoms with Gasteiger partial charge in [-0.1, -0.05) is 12.1 Å². The number of nitrogens with zero attached hydrogens (tertiary/aromatic N) is 1. The number of benzene rings is 2. The van der Waals surface area contributed by atoms with E-state index in [0.717, 1.165) is 0 Å². The molecule has 10 nitrogen and oxygen atoms in total. The van der Waals surface area contributed by atoms with Crippen LogP contribution < -0.4 is 14.8 Å². The molecule has 0 aromatic heterocycles. The van der Waals surface area contributed by atoms with E-state index in [2.05, 4.69) is 5.32 Å². The Kier molecular flexibility index (Phi) is 6.07. The third-order valence-corrected chi connectivity index (χ3v) is 5.19. The average molecular weight is 452 g/mol. The van der Waals surface area contributed by atoms with Gasteiger partial charge in [0, 0.05) is 24.5 Å². The second-order valence-corrected chi connectivity index (χ2v) is 7.50. The number of ketones is 1. The summed E-state index contributed by atoms with van der Waals surface area (Å²) >= 11 is 0. The third kappa shape index (κ3) is 4.84. The molecule has 2 aliphatic rings. The highest BCUT2D eigenvalue weighted by atomic mass is 16.7. The minimum Gasteiger partial charge on any atom is -0.454 e. The molecule has 0 atom stereocenters. The molecule has 2 aromatic rings. The highest BCUT2D eigenvalue weighted by Crippen LogP contribution is 2.37. The maximum Gasteiger partial charge on any atom is 0.338 e. The molecule has 0 spiro atoms. The van der Waals surface area contributed by atoms with Crippen LogP contribution in [-0.4, -0.2) is 47.8 Å². The molecule has 0 radical (unpaired) electrons. The van der Waals surface area contributed by atoms with Crippen LogP contribution in [0.3, 0.4) is 0 Å². The molecule has 1 N–H and O–H groups in total. The van der Waals surface area contributed by atoms with E-state index < -0.39 is 18.5 Å². The summed E-state index contributed by atoms with van der Waals surface area (Å²) in [5, 5.41) is 2.54. The number of amides is 3. The summed E-state index contributed by atoms with van der Waals surface area (Å²) in [5.74, 6) is -1.26. The Morgan fingerprint density at radius 1 is 1.00 bits per heavy atom. The first-order chi connectivity index (χ1) is 15.8. The zero-order valence-electron chi connectivity index (χ0n) is 17.7. The van der Waals surface area contributed by atoms with Crippen molar-refractivity contribution < 1.29 is 38.2 Å². The quantitative estimate of drug-likeness (QED) is 0.384. The Bertz CT molecular complexity index is 1140. The van der Waals surface area contributed by atoms with Gasteiger partial charge >= 0.3 is 5.97 Å². The van der Waals surface area contributed by atoms with E-state index >= 15 is 0 Å². The number of hydrogen-bond donors (Lipinski definition) is 1. The van der Waals surface area contributed by atoms with E-state index in [1.54, 1.807) is 12.1 Å². The minimum atomic E-state index is -0.720. The van der Waals surface area contributed by atoms with Crippen molar-refractivity contribution in [3.8, 4) is 11.5 Å². The summed E-state index contributed by atoms with van der Waals surface area (Å²) in [6.07, 6.45) is 0.428. The number of carbonyl (C=O) groups is 5. The van der Waals surface area contributed by atoms with Gasteiger partial charge in [-0.15, -0.1) is 0 Å². The van der Waals surface area contributed by atoms with Gasteiger partial charge in [0.2, 0.25) is 18.6 Å². The number of rotatable bonds is 7. The number of carbonyl (C=O) groups excluding carboxylic acids is 5. The molecule has 1 saturated heterocycles. The van der Waals surface area contributed by atoms with Crippen LogP contribution in [0.4, 0.5) is 5.69 Å². The van der Waals surface area contributed by atoms with Crippen molar-refractivity contribution >= 4 is 35.2 Å². The summed E-state index contributed by atoms with van der Waals surface area (Å²) in [6.45, 7) is 0.949. The van der Waals surface area contributed by atoms with Crippen LogP contribution >= 0.6 is 0 Å². The molecule has 0 unspecified atom stereocenters. The van der Waals surface area contributed by atoms with E-state index in [1.807, 2.05) is 0 Å². The van der Waals surface area contributed by atoms with Gasteiger partial charge in [0.05, 0.1) is 17.8 Å². The second kappa shape index (κ2) is 9.11. The lowest BCUT2D eigenvalue weighted by Crippen LogP contribution is -2.28. The van der Waals surface area contributed by atoms with Crippen LogP contribution in [0.15, 0.2) is 36.4 Å². The van der Waals surface area contributed by atoms with Crippen molar-refractivity contribution in [1.29, 1.82) is 0 Å². The van der Waals surface area contributed by atoms with Gasteiger partial charge in [-0.3, -0.25) is 24.1 Å². The topological polar surface area (TPSA) is 128 Å². The van der Waals surface area contributed by atoms with Crippen LogP contribution in [0.5, 0.6) is 11.5 Å². The van der Waals surface area contributed by atoms with Gasteiger partial charge in [0.1, 0.15) is 0 Å². The highest BCUT2D eigenvalue weighted by molar-refractivity contribution is 6.05. The molecule has 3 amide bonds. The summed E-state index contributed by atoms with van der Waals surface area (Å²) < 4.78 is 15.6. The SMILES string of the molecule is CC(=O)c1cc2c(cc1NC(=O)COC(=O)c1ccc(CN3C(=O)CCC3=O)cc1)OCO2. The lowest BCUT2D eigenvalue weighted by Gasteiger charge is -2.14. The van der Waals surface area contributed by atoms with Crippen molar-refractivity contribution in [2.75, 3.05) is 18.7 Å². The van der Waals surface area contributed by atoms with E-state index in [1.165, 1.54) is 36.1 Å². The van der Waals surface area contributed by atoms with Gasteiger partial charge in [-0.25, -0.2) is 4.79 Å². The fraction of sp³-hybridized carbons (Fsp3) is 0.261. The van der Waals surface area contributed by atoms with Crippen molar-refractivity contribution in [2.24, 2.45) is 0 Å². The largest absolute Gasteiger partial charge is 0.454 e. The van der Waals surface area contributed by atoms with Gasteiger partial charge in [0.15, 0.2) is 23.9 Å². The number of fused-ring (bicyclic) bond motifs is 1. The van der Waals surface area contributed by atoms with Crippen LogP contribution in [0, 0.1) is 0 Å². The van der Waals surface area contributed by atoms with E-state index in [9.17, 15) is 24.0 Å². The van der Waals surface area contributed by atoms with Crippen LogP contribution in [-0.2, 0) is 25.7 Å². The average Bonchev–Trinajstić information content (AvgIpc) is 3.38. The maximum atomic E-state index is 12.3. The Balaban J connectivity index is 1.33. The number of esters is 1. The molecule has 2 aromatic carbocycles. The third-order valence-electron chi connectivity index (χ3n) is 5.19. The van der Waals surface area contributed by atoms with Crippen molar-refractivity contribution in [2.45, 2.75) is 26.3 Å². The Morgan fingerprint density at radius 2 is 1.64 bits per heavy atom. The summed E-state index contributed by atoms with van der Waals surface area (Å²) in [5.41, 5.74) is 1.36. The molecule has 4 rings (SSSR count). The molecule has 170 valence electrons. The number of hydrogen-bond acceptors (Lipinski definition) is 8. The Hall–Kier alpha value is -4.21. The fourth-order valence-electron chi connectivity index (χ4n) is 3.47. The van der Waals surface area contributed by atoms with E-state index in [-0.39, 0.29) is 60.6 Å². The van der Waals surface area contributed by atoms with Crippen molar-refractivity contribution in [1.82, 2.24) is 4.90 Å². The summed E-state index contributed by atoms with van der Waals surface area (Å²) in [6, 6.07) is 9.17. The van der Waals surface area contributed by atoms with Crippen molar-refractivity contribution in [3.63, 3.8) is 0 Å². The number of ether oxygens (including phenoxy) is 3. The first-order valence-corrected chi connectivity index (χ1v) is 10.2. The summed E-state index contributed by atoms with van der Waals surface area (Å²) in [4.78, 5) is 61.1. The maximum absolute atomic E-state index is 12.3. The van der Waals surface area contributed by atoms with Crippen molar-refractivity contribution in [3.05, 3.63) is 53.1 Å². The predicted octanol–water partition coefficient (Wildman–Crippen LogP) is 2.06. The summed E-state index contributed by atoms with van der Waals surface area (Å²) in [7, 11) is 0. The Morgan fingerprint density at radius 3 is 2.27 bits per heavy atom. The van der Waals surface area contributed by atoms with Gasteiger partial charge in [-0.05, 0) is 30.7 Å². The van der Waals surface area contributed by atoms with Crippen LogP contribution in [0.25, 0.3) is 0 Å². The molecule has 1 fully saturated rings. The fourth-order valence-corrected chi connectivity index (χ4v) is 3.47.